The fourth-order valence-electron chi connectivity index (χ4n) is 8.30. The van der Waals surface area contributed by atoms with Gasteiger partial charge in [0.05, 0.1) is 17.6 Å². The molecule has 0 aromatic heterocycles. The number of ether oxygens (including phenoxy) is 1. The van der Waals surface area contributed by atoms with Crippen molar-refractivity contribution in [2.24, 2.45) is 17.3 Å². The monoisotopic (exact) mass is 352 g/mol. The first-order valence-corrected chi connectivity index (χ1v) is 10.1. The summed E-state index contributed by atoms with van der Waals surface area (Å²) in [6.45, 7) is 4.26. The average Bonchev–Trinajstić information content (AvgIpc) is 3.27. The van der Waals surface area contributed by atoms with Gasteiger partial charge in [-0.15, -0.1) is 0 Å². The van der Waals surface area contributed by atoms with Crippen molar-refractivity contribution in [3.8, 4) is 0 Å². The van der Waals surface area contributed by atoms with E-state index < -0.39 is 11.7 Å². The number of hydrogen-bond acceptors (Lipinski definition) is 4. The van der Waals surface area contributed by atoms with E-state index in [1.165, 1.54) is 5.56 Å². The van der Waals surface area contributed by atoms with Gasteiger partial charge in [-0.25, -0.2) is 0 Å². The number of piperidine rings is 1. The van der Waals surface area contributed by atoms with Crippen LogP contribution in [0.2, 0.25) is 0 Å². The van der Waals surface area contributed by atoms with Crippen LogP contribution in [0, 0.1) is 17.3 Å². The molecule has 2 spiro atoms. The molecule has 26 heavy (non-hydrogen) atoms. The Labute approximate surface area is 152 Å². The highest BCUT2D eigenvalue weighted by Gasteiger charge is 2.79. The smallest absolute Gasteiger partial charge is 0.228 e. The number of aliphatic hydroxyl groups is 1. The van der Waals surface area contributed by atoms with Crippen LogP contribution in [0.3, 0.4) is 0 Å². The van der Waals surface area contributed by atoms with Crippen molar-refractivity contribution in [3.05, 3.63) is 29.8 Å². The first-order chi connectivity index (χ1) is 12.6. The molecule has 1 aliphatic carbocycles. The van der Waals surface area contributed by atoms with Crippen LogP contribution < -0.4 is 4.90 Å². The SMILES string of the molecule is C[C@H]1O[C@H](O)[C@]23CC(=O)N4c5ccccc5[C@@]5(CCN6C[C@@H]1[C@@H]2C[C@H]65)[C@H]43. The number of aliphatic hydroxyl groups excluding tert-OH is 1. The predicted molar refractivity (Wildman–Crippen MR) is 94.6 cm³/mol. The number of fused-ring (bicyclic) bond motifs is 2. The summed E-state index contributed by atoms with van der Waals surface area (Å²) < 4.78 is 6.13. The molecular formula is C21H24N2O3. The maximum absolute atomic E-state index is 13.3. The van der Waals surface area contributed by atoms with E-state index in [9.17, 15) is 9.90 Å². The van der Waals surface area contributed by atoms with Gasteiger partial charge in [-0.05, 0) is 43.9 Å². The first kappa shape index (κ1) is 14.6. The minimum atomic E-state index is -0.836. The number of carbonyl (C=O) groups excluding carboxylic acids is 1. The lowest BCUT2D eigenvalue weighted by atomic mass is 9.46. The van der Waals surface area contributed by atoms with Crippen LogP contribution >= 0.6 is 0 Å². The third-order valence-electron chi connectivity index (χ3n) is 9.03. The molecule has 5 heterocycles. The Morgan fingerprint density at radius 3 is 3.04 bits per heavy atom. The normalized spacial score (nSPS) is 53.0. The Bertz CT molecular complexity index is 857. The molecule has 5 nitrogen and oxygen atoms in total. The second kappa shape index (κ2) is 4.18. The van der Waals surface area contributed by atoms with E-state index in [4.69, 9.17) is 4.74 Å². The number of para-hydroxylation sites is 1. The molecule has 136 valence electrons. The molecule has 6 aliphatic rings. The van der Waals surface area contributed by atoms with Crippen LogP contribution in [0.1, 0.15) is 31.7 Å². The summed E-state index contributed by atoms with van der Waals surface area (Å²) in [5.74, 6) is 0.977. The molecule has 1 saturated carbocycles. The van der Waals surface area contributed by atoms with E-state index >= 15 is 0 Å². The van der Waals surface area contributed by atoms with Gasteiger partial charge in [0.25, 0.3) is 0 Å². The maximum Gasteiger partial charge on any atom is 0.228 e. The first-order valence-electron chi connectivity index (χ1n) is 10.1. The average molecular weight is 352 g/mol. The number of rotatable bonds is 0. The summed E-state index contributed by atoms with van der Waals surface area (Å²) in [5, 5.41) is 11.2. The van der Waals surface area contributed by atoms with Crippen molar-refractivity contribution in [1.29, 1.82) is 0 Å². The molecule has 5 aliphatic heterocycles. The van der Waals surface area contributed by atoms with Crippen molar-refractivity contribution >= 4 is 11.6 Å². The second-order valence-electron chi connectivity index (χ2n) is 9.47. The van der Waals surface area contributed by atoms with E-state index in [-0.39, 0.29) is 23.5 Å². The Morgan fingerprint density at radius 2 is 2.15 bits per heavy atom. The predicted octanol–water partition coefficient (Wildman–Crippen LogP) is 1.49. The van der Waals surface area contributed by atoms with Crippen LogP contribution in [0.25, 0.3) is 0 Å². The highest BCUT2D eigenvalue weighted by atomic mass is 16.6. The molecule has 1 N–H and O–H groups in total. The third kappa shape index (κ3) is 1.23. The van der Waals surface area contributed by atoms with E-state index in [2.05, 4.69) is 34.9 Å². The standard InChI is InChI=1S/C21H24N2O3/c1-11-12-10-22-7-6-20-13-4-2-3-5-15(13)23-17(24)9-21(18(20)23,19(25)26-11)14(12)8-16(20)22/h2-5,11-12,14,16,18-19,25H,6-10H2,1H3/t11-,12+,14+,16+,18+,19+,20-,21-/m1/s1. The summed E-state index contributed by atoms with van der Waals surface area (Å²) in [7, 11) is 0. The molecule has 4 saturated heterocycles. The summed E-state index contributed by atoms with van der Waals surface area (Å²) in [4.78, 5) is 18.0. The molecule has 5 fully saturated rings. The van der Waals surface area contributed by atoms with Crippen molar-refractivity contribution in [1.82, 2.24) is 4.90 Å². The highest BCUT2D eigenvalue weighted by Crippen LogP contribution is 2.72. The number of carbonyl (C=O) groups is 1. The Balaban J connectivity index is 1.57. The lowest BCUT2D eigenvalue weighted by Gasteiger charge is -2.64. The number of nitrogens with zero attached hydrogens (tertiary/aromatic N) is 2. The number of amides is 1. The summed E-state index contributed by atoms with van der Waals surface area (Å²) in [6.07, 6.45) is 1.85. The van der Waals surface area contributed by atoms with Crippen molar-refractivity contribution in [3.63, 3.8) is 0 Å². The molecule has 2 bridgehead atoms. The molecular weight excluding hydrogens is 328 g/mol. The number of benzene rings is 1. The molecule has 8 atom stereocenters. The van der Waals surface area contributed by atoms with Crippen molar-refractivity contribution in [2.75, 3.05) is 18.0 Å². The van der Waals surface area contributed by atoms with E-state index in [0.717, 1.165) is 31.6 Å². The van der Waals surface area contributed by atoms with Crippen LogP contribution in [-0.4, -0.2) is 53.5 Å². The summed E-state index contributed by atoms with van der Waals surface area (Å²) in [5.41, 5.74) is 1.96. The maximum atomic E-state index is 13.3. The van der Waals surface area contributed by atoms with Crippen LogP contribution in [0.15, 0.2) is 24.3 Å². The number of hydrogen-bond donors (Lipinski definition) is 1. The van der Waals surface area contributed by atoms with Crippen molar-refractivity contribution < 1.29 is 14.6 Å². The third-order valence-corrected chi connectivity index (χ3v) is 9.03. The number of anilines is 1. The van der Waals surface area contributed by atoms with Gasteiger partial charge < -0.3 is 14.7 Å². The quantitative estimate of drug-likeness (QED) is 0.769. The van der Waals surface area contributed by atoms with Gasteiger partial charge in [0.15, 0.2) is 6.29 Å². The lowest BCUT2D eigenvalue weighted by Crippen LogP contribution is -2.73. The lowest BCUT2D eigenvalue weighted by molar-refractivity contribution is -0.300. The zero-order valence-electron chi connectivity index (χ0n) is 15.0. The Hall–Kier alpha value is -1.43. The zero-order valence-corrected chi connectivity index (χ0v) is 15.0. The second-order valence-corrected chi connectivity index (χ2v) is 9.47. The topological polar surface area (TPSA) is 53.0 Å². The Morgan fingerprint density at radius 1 is 1.31 bits per heavy atom. The van der Waals surface area contributed by atoms with Gasteiger partial charge in [0, 0.05) is 36.0 Å². The fraction of sp³-hybridized carbons (Fsp3) is 0.667. The van der Waals surface area contributed by atoms with Gasteiger partial charge in [-0.3, -0.25) is 9.69 Å². The molecule has 5 heteroatoms. The molecule has 1 aromatic carbocycles. The molecule has 7 rings (SSSR count). The largest absolute Gasteiger partial charge is 0.367 e. The molecule has 1 amide bonds. The fourth-order valence-corrected chi connectivity index (χ4v) is 8.30. The summed E-state index contributed by atoms with van der Waals surface area (Å²) >= 11 is 0. The van der Waals surface area contributed by atoms with Gasteiger partial charge in [-0.1, -0.05) is 18.2 Å². The minimum absolute atomic E-state index is 0.0326. The van der Waals surface area contributed by atoms with Gasteiger partial charge in [-0.2, -0.15) is 0 Å². The van der Waals surface area contributed by atoms with E-state index in [0.29, 0.717) is 24.3 Å². The van der Waals surface area contributed by atoms with E-state index in [1.54, 1.807) is 0 Å². The van der Waals surface area contributed by atoms with Crippen LogP contribution in [-0.2, 0) is 14.9 Å². The zero-order chi connectivity index (χ0) is 17.4. The van der Waals surface area contributed by atoms with E-state index in [1.807, 2.05) is 6.07 Å². The molecule has 1 aromatic rings. The van der Waals surface area contributed by atoms with Crippen molar-refractivity contribution in [2.45, 2.75) is 56.1 Å². The Kier molecular flexibility index (Phi) is 2.35. The van der Waals surface area contributed by atoms with Gasteiger partial charge >= 0.3 is 0 Å². The minimum Gasteiger partial charge on any atom is -0.367 e. The van der Waals surface area contributed by atoms with Crippen LogP contribution in [0.5, 0.6) is 0 Å². The molecule has 0 radical (unpaired) electrons. The van der Waals surface area contributed by atoms with Gasteiger partial charge in [0.2, 0.25) is 5.91 Å². The van der Waals surface area contributed by atoms with Gasteiger partial charge in [0.1, 0.15) is 0 Å². The van der Waals surface area contributed by atoms with Crippen LogP contribution in [0.4, 0.5) is 5.69 Å². The molecule has 0 unspecified atom stereocenters. The summed E-state index contributed by atoms with van der Waals surface area (Å²) in [6, 6.07) is 9.06. The highest BCUT2D eigenvalue weighted by molar-refractivity contribution is 6.01.